The Morgan fingerprint density at radius 2 is 2.13 bits per heavy atom. The van der Waals surface area contributed by atoms with Gasteiger partial charge >= 0.3 is 0 Å². The van der Waals surface area contributed by atoms with Crippen LogP contribution in [0.3, 0.4) is 0 Å². The Morgan fingerprint density at radius 3 is 2.73 bits per heavy atom. The summed E-state index contributed by atoms with van der Waals surface area (Å²) >= 11 is 0. The fourth-order valence-corrected chi connectivity index (χ4v) is 1.19. The Balaban J connectivity index is 2.91. The summed E-state index contributed by atoms with van der Waals surface area (Å²) in [6.07, 6.45) is 5.64. The summed E-state index contributed by atoms with van der Waals surface area (Å²) < 4.78 is 10.3. The number of hydrogen-bond acceptors (Lipinski definition) is 3. The first-order valence-corrected chi connectivity index (χ1v) is 4.55. The van der Waals surface area contributed by atoms with Gasteiger partial charge in [-0.1, -0.05) is 12.2 Å². The lowest BCUT2D eigenvalue weighted by atomic mass is 10.1. The van der Waals surface area contributed by atoms with Crippen LogP contribution in [0.5, 0.6) is 11.5 Å². The van der Waals surface area contributed by atoms with Crippen LogP contribution in [0.25, 0.3) is 6.08 Å². The molecule has 0 bridgehead atoms. The highest BCUT2D eigenvalue weighted by molar-refractivity contribution is 5.62. The molecule has 0 atom stereocenters. The third kappa shape index (κ3) is 3.13. The molecule has 0 spiro atoms. The quantitative estimate of drug-likeness (QED) is 0.739. The van der Waals surface area contributed by atoms with E-state index in [4.69, 9.17) is 9.47 Å². The van der Waals surface area contributed by atoms with Crippen LogP contribution in [0.1, 0.15) is 12.0 Å². The van der Waals surface area contributed by atoms with Crippen molar-refractivity contribution in [3.63, 3.8) is 0 Å². The van der Waals surface area contributed by atoms with Crippen LogP contribution in [0.15, 0.2) is 24.3 Å². The Labute approximate surface area is 89.3 Å². The summed E-state index contributed by atoms with van der Waals surface area (Å²) in [5.41, 5.74) is 0.911. The largest absolute Gasteiger partial charge is 0.497 e. The molecule has 0 heterocycles. The molecule has 0 saturated carbocycles. The summed E-state index contributed by atoms with van der Waals surface area (Å²) in [4.78, 5) is 10.0. The van der Waals surface area contributed by atoms with Crippen LogP contribution in [-0.4, -0.2) is 20.5 Å². The Morgan fingerprint density at radius 1 is 1.33 bits per heavy atom. The van der Waals surface area contributed by atoms with Gasteiger partial charge in [0.15, 0.2) is 0 Å². The molecule has 15 heavy (non-hydrogen) atoms. The number of carbonyl (C=O) groups excluding carboxylic acids is 1. The van der Waals surface area contributed by atoms with Crippen molar-refractivity contribution in [1.29, 1.82) is 0 Å². The second-order valence-corrected chi connectivity index (χ2v) is 2.86. The van der Waals surface area contributed by atoms with Gasteiger partial charge in [-0.05, 0) is 12.1 Å². The highest BCUT2D eigenvalue weighted by atomic mass is 16.5. The zero-order chi connectivity index (χ0) is 11.1. The molecule has 0 aromatic heterocycles. The van der Waals surface area contributed by atoms with E-state index in [0.717, 1.165) is 17.1 Å². The minimum Gasteiger partial charge on any atom is -0.497 e. The number of hydrogen-bond donors (Lipinski definition) is 0. The van der Waals surface area contributed by atoms with Crippen molar-refractivity contribution in [3.8, 4) is 11.5 Å². The first kappa shape index (κ1) is 11.3. The summed E-state index contributed by atoms with van der Waals surface area (Å²) in [6, 6.07) is 5.51. The fraction of sp³-hybridized carbons (Fsp3) is 0.250. The molecule has 0 aliphatic rings. The van der Waals surface area contributed by atoms with Crippen molar-refractivity contribution in [3.05, 3.63) is 29.8 Å². The predicted molar refractivity (Wildman–Crippen MR) is 58.9 cm³/mol. The molecule has 1 aromatic rings. The van der Waals surface area contributed by atoms with E-state index in [2.05, 4.69) is 0 Å². The SMILES string of the molecule is COc1ccc(/C=C/C[C]=O)c(OC)c1. The van der Waals surface area contributed by atoms with Gasteiger partial charge in [0.2, 0.25) is 6.29 Å². The second kappa shape index (κ2) is 5.86. The van der Waals surface area contributed by atoms with Crippen molar-refractivity contribution >= 4 is 12.4 Å². The van der Waals surface area contributed by atoms with Crippen LogP contribution < -0.4 is 9.47 Å². The van der Waals surface area contributed by atoms with E-state index in [9.17, 15) is 4.79 Å². The molecule has 0 N–H and O–H groups in total. The van der Waals surface area contributed by atoms with Gasteiger partial charge in [-0.2, -0.15) is 0 Å². The standard InChI is InChI=1S/C12H13O3/c1-14-11-7-6-10(5-3-4-8-13)12(9-11)15-2/h3,5-7,9H,4H2,1-2H3/b5-3+. The predicted octanol–water partition coefficient (Wildman–Crippen LogP) is 2.22. The van der Waals surface area contributed by atoms with E-state index in [1.165, 1.54) is 0 Å². The highest BCUT2D eigenvalue weighted by Crippen LogP contribution is 2.25. The summed E-state index contributed by atoms with van der Waals surface area (Å²) in [7, 11) is 3.20. The number of benzene rings is 1. The van der Waals surface area contributed by atoms with Gasteiger partial charge in [-0.3, -0.25) is 4.79 Å². The lowest BCUT2D eigenvalue weighted by molar-refractivity contribution is 0.393. The van der Waals surface area contributed by atoms with Gasteiger partial charge in [-0.25, -0.2) is 0 Å². The molecule has 0 amide bonds. The van der Waals surface area contributed by atoms with Crippen molar-refractivity contribution < 1.29 is 14.3 Å². The van der Waals surface area contributed by atoms with Crippen LogP contribution >= 0.6 is 0 Å². The van der Waals surface area contributed by atoms with E-state index in [0.29, 0.717) is 0 Å². The Bertz CT molecular complexity index is 356. The van der Waals surface area contributed by atoms with Gasteiger partial charge in [0.05, 0.1) is 14.2 Å². The topological polar surface area (TPSA) is 35.5 Å². The molecule has 0 aliphatic heterocycles. The maximum absolute atomic E-state index is 10.0. The lowest BCUT2D eigenvalue weighted by Crippen LogP contribution is -1.89. The van der Waals surface area contributed by atoms with Gasteiger partial charge in [0.1, 0.15) is 11.5 Å². The van der Waals surface area contributed by atoms with E-state index >= 15 is 0 Å². The minimum atomic E-state index is 0.287. The fourth-order valence-electron chi connectivity index (χ4n) is 1.19. The monoisotopic (exact) mass is 205 g/mol. The smallest absolute Gasteiger partial charge is 0.202 e. The van der Waals surface area contributed by atoms with Gasteiger partial charge < -0.3 is 9.47 Å². The van der Waals surface area contributed by atoms with Crippen molar-refractivity contribution in [2.75, 3.05) is 14.2 Å². The molecular formula is C12H13O3. The summed E-state index contributed by atoms with van der Waals surface area (Å²) in [5, 5.41) is 0. The first-order valence-electron chi connectivity index (χ1n) is 4.55. The number of allylic oxidation sites excluding steroid dienone is 1. The molecule has 0 unspecified atom stereocenters. The van der Waals surface area contributed by atoms with E-state index in [-0.39, 0.29) is 6.42 Å². The highest BCUT2D eigenvalue weighted by Gasteiger charge is 2.01. The second-order valence-electron chi connectivity index (χ2n) is 2.86. The molecule has 1 rings (SSSR count). The molecule has 0 fully saturated rings. The average molecular weight is 205 g/mol. The van der Waals surface area contributed by atoms with Gasteiger partial charge in [-0.15, -0.1) is 0 Å². The summed E-state index contributed by atoms with van der Waals surface area (Å²) in [6.45, 7) is 0. The van der Waals surface area contributed by atoms with E-state index in [1.54, 1.807) is 32.6 Å². The third-order valence-electron chi connectivity index (χ3n) is 1.94. The van der Waals surface area contributed by atoms with Crippen molar-refractivity contribution in [2.45, 2.75) is 6.42 Å². The molecule has 1 aromatic carbocycles. The van der Waals surface area contributed by atoms with Crippen molar-refractivity contribution in [2.24, 2.45) is 0 Å². The third-order valence-corrected chi connectivity index (χ3v) is 1.94. The summed E-state index contributed by atoms with van der Waals surface area (Å²) in [5.74, 6) is 1.46. The molecule has 0 saturated heterocycles. The molecule has 3 heteroatoms. The zero-order valence-corrected chi connectivity index (χ0v) is 8.82. The molecule has 1 radical (unpaired) electrons. The first-order chi connectivity index (χ1) is 7.31. The van der Waals surface area contributed by atoms with Crippen LogP contribution in [0.4, 0.5) is 0 Å². The van der Waals surface area contributed by atoms with Gasteiger partial charge in [0.25, 0.3) is 0 Å². The number of rotatable bonds is 5. The normalized spacial score (nSPS) is 10.3. The molecule has 3 nitrogen and oxygen atoms in total. The average Bonchev–Trinajstić information content (AvgIpc) is 2.29. The van der Waals surface area contributed by atoms with Crippen LogP contribution in [0.2, 0.25) is 0 Å². The Hall–Kier alpha value is -1.77. The van der Waals surface area contributed by atoms with E-state index < -0.39 is 0 Å². The number of ether oxygens (including phenoxy) is 2. The van der Waals surface area contributed by atoms with E-state index in [1.807, 2.05) is 18.2 Å². The van der Waals surface area contributed by atoms with Gasteiger partial charge in [0, 0.05) is 18.1 Å². The molecule has 0 aliphatic carbocycles. The molecular weight excluding hydrogens is 192 g/mol. The molecule has 79 valence electrons. The van der Waals surface area contributed by atoms with Crippen LogP contribution in [-0.2, 0) is 4.79 Å². The maximum Gasteiger partial charge on any atom is 0.202 e. The zero-order valence-electron chi connectivity index (χ0n) is 8.82. The Kier molecular flexibility index (Phi) is 4.41. The maximum atomic E-state index is 10.0. The van der Waals surface area contributed by atoms with Crippen LogP contribution in [0, 0.1) is 0 Å². The van der Waals surface area contributed by atoms with Crippen molar-refractivity contribution in [1.82, 2.24) is 0 Å². The number of methoxy groups -OCH3 is 2. The minimum absolute atomic E-state index is 0.287. The lowest BCUT2D eigenvalue weighted by Gasteiger charge is -2.06.